The van der Waals surface area contributed by atoms with Crippen LogP contribution in [0.5, 0.6) is 5.75 Å². The number of hydrogen-bond donors (Lipinski definition) is 2. The molecule has 0 unspecified atom stereocenters. The van der Waals surface area contributed by atoms with E-state index in [0.717, 1.165) is 55.2 Å². The fourth-order valence-corrected chi connectivity index (χ4v) is 4.46. The first kappa shape index (κ1) is 20.3. The Hall–Kier alpha value is -3.01. The molecule has 2 amide bonds. The van der Waals surface area contributed by atoms with Gasteiger partial charge >= 0.3 is 0 Å². The van der Waals surface area contributed by atoms with Crippen LogP contribution in [0.4, 0.5) is 0 Å². The predicted octanol–water partition coefficient (Wildman–Crippen LogP) is 2.89. The smallest absolute Gasteiger partial charge is 0.268 e. The van der Waals surface area contributed by atoms with E-state index in [9.17, 15) is 14.9 Å². The number of ether oxygens (including phenoxy) is 1. The minimum atomic E-state index is -0.413. The van der Waals surface area contributed by atoms with Gasteiger partial charge in [0, 0.05) is 24.5 Å². The van der Waals surface area contributed by atoms with Crippen molar-refractivity contribution in [1.82, 2.24) is 15.2 Å². The summed E-state index contributed by atoms with van der Waals surface area (Å²) in [6.45, 7) is 0. The fourth-order valence-electron chi connectivity index (χ4n) is 4.46. The van der Waals surface area contributed by atoms with E-state index in [0.29, 0.717) is 5.69 Å². The molecule has 2 fully saturated rings. The molecule has 1 aromatic carbocycles. The first-order chi connectivity index (χ1) is 14.5. The summed E-state index contributed by atoms with van der Waals surface area (Å²) in [5.74, 6) is 0.425. The Morgan fingerprint density at radius 2 is 1.97 bits per heavy atom. The maximum atomic E-state index is 13.1. The van der Waals surface area contributed by atoms with Crippen molar-refractivity contribution in [2.24, 2.45) is 18.9 Å². The van der Waals surface area contributed by atoms with Gasteiger partial charge in [0.1, 0.15) is 17.5 Å². The van der Waals surface area contributed by atoms with E-state index >= 15 is 0 Å². The molecule has 7 nitrogen and oxygen atoms in total. The molecule has 1 aromatic heterocycles. The second-order valence-electron chi connectivity index (χ2n) is 8.44. The molecular weight excluding hydrogens is 380 g/mol. The Labute approximate surface area is 176 Å². The highest BCUT2D eigenvalue weighted by atomic mass is 16.5. The molecule has 2 aromatic rings. The lowest BCUT2D eigenvalue weighted by atomic mass is 9.83. The van der Waals surface area contributed by atoms with Crippen molar-refractivity contribution >= 4 is 22.7 Å². The van der Waals surface area contributed by atoms with Crippen molar-refractivity contribution in [2.45, 2.75) is 50.6 Å². The molecule has 30 heavy (non-hydrogen) atoms. The normalized spacial score (nSPS) is 22.2. The van der Waals surface area contributed by atoms with Crippen LogP contribution in [0.2, 0.25) is 0 Å². The van der Waals surface area contributed by atoms with E-state index in [-0.39, 0.29) is 29.7 Å². The SMILES string of the molecule is COc1ccc2cc(C(=O)N[C@H]3CCCC[C@H]3C(=O)N[C@H](C#N)C3CC3)n(C)c2c1. The van der Waals surface area contributed by atoms with Gasteiger partial charge in [-0.15, -0.1) is 0 Å². The van der Waals surface area contributed by atoms with Gasteiger partial charge in [-0.05, 0) is 49.8 Å². The van der Waals surface area contributed by atoms with Crippen LogP contribution in [0.1, 0.15) is 49.0 Å². The highest BCUT2D eigenvalue weighted by Gasteiger charge is 2.37. The largest absolute Gasteiger partial charge is 0.497 e. The van der Waals surface area contributed by atoms with Gasteiger partial charge in [-0.2, -0.15) is 5.26 Å². The third-order valence-electron chi connectivity index (χ3n) is 6.43. The number of aromatic nitrogens is 1. The zero-order valence-corrected chi connectivity index (χ0v) is 17.5. The summed E-state index contributed by atoms with van der Waals surface area (Å²) in [5, 5.41) is 16.3. The first-order valence-electron chi connectivity index (χ1n) is 10.7. The lowest BCUT2D eigenvalue weighted by Gasteiger charge is -2.31. The maximum Gasteiger partial charge on any atom is 0.268 e. The zero-order chi connectivity index (χ0) is 21.3. The van der Waals surface area contributed by atoms with E-state index in [1.807, 2.05) is 35.9 Å². The molecule has 0 bridgehead atoms. The van der Waals surface area contributed by atoms with Crippen LogP contribution in [-0.4, -0.2) is 35.6 Å². The van der Waals surface area contributed by atoms with Gasteiger partial charge in [-0.3, -0.25) is 9.59 Å². The Bertz CT molecular complexity index is 1000. The monoisotopic (exact) mass is 408 g/mol. The summed E-state index contributed by atoms with van der Waals surface area (Å²) in [5.41, 5.74) is 1.47. The number of benzene rings is 1. The molecule has 7 heteroatoms. The van der Waals surface area contributed by atoms with Crippen molar-refractivity contribution < 1.29 is 14.3 Å². The van der Waals surface area contributed by atoms with Crippen LogP contribution in [0.3, 0.4) is 0 Å². The number of rotatable bonds is 6. The average molecular weight is 409 g/mol. The third-order valence-corrected chi connectivity index (χ3v) is 6.43. The van der Waals surface area contributed by atoms with Gasteiger partial charge < -0.3 is 19.9 Å². The first-order valence-corrected chi connectivity index (χ1v) is 10.7. The molecule has 2 N–H and O–H groups in total. The second-order valence-corrected chi connectivity index (χ2v) is 8.44. The minimum absolute atomic E-state index is 0.111. The van der Waals surface area contributed by atoms with E-state index in [4.69, 9.17) is 4.74 Å². The van der Waals surface area contributed by atoms with Crippen LogP contribution < -0.4 is 15.4 Å². The molecule has 3 atom stereocenters. The van der Waals surface area contributed by atoms with Crippen LogP contribution in [-0.2, 0) is 11.8 Å². The summed E-state index contributed by atoms with van der Waals surface area (Å²) in [4.78, 5) is 25.9. The molecule has 1 heterocycles. The molecule has 4 rings (SSSR count). The van der Waals surface area contributed by atoms with Gasteiger partial charge in [-0.1, -0.05) is 12.8 Å². The van der Waals surface area contributed by atoms with Crippen LogP contribution in [0, 0.1) is 23.2 Å². The zero-order valence-electron chi connectivity index (χ0n) is 17.5. The molecule has 0 spiro atoms. The third kappa shape index (κ3) is 4.00. The molecule has 2 aliphatic carbocycles. The number of carbonyl (C=O) groups is 2. The molecule has 0 saturated heterocycles. The van der Waals surface area contributed by atoms with Crippen molar-refractivity contribution in [1.29, 1.82) is 5.26 Å². The highest BCUT2D eigenvalue weighted by molar-refractivity contribution is 5.99. The molecule has 2 aliphatic rings. The summed E-state index contributed by atoms with van der Waals surface area (Å²) in [6.07, 6.45) is 5.42. The van der Waals surface area contributed by atoms with E-state index in [1.54, 1.807) is 7.11 Å². The number of hydrogen-bond acceptors (Lipinski definition) is 4. The predicted molar refractivity (Wildman–Crippen MR) is 113 cm³/mol. The summed E-state index contributed by atoms with van der Waals surface area (Å²) < 4.78 is 7.14. The number of carbonyl (C=O) groups excluding carboxylic acids is 2. The fraction of sp³-hybridized carbons (Fsp3) is 0.522. The van der Waals surface area contributed by atoms with Gasteiger partial charge in [0.2, 0.25) is 5.91 Å². The number of nitriles is 1. The van der Waals surface area contributed by atoms with Crippen LogP contribution in [0.25, 0.3) is 10.9 Å². The van der Waals surface area contributed by atoms with Crippen LogP contribution >= 0.6 is 0 Å². The number of fused-ring (bicyclic) bond motifs is 1. The Morgan fingerprint density at radius 1 is 1.20 bits per heavy atom. The molecule has 0 aliphatic heterocycles. The van der Waals surface area contributed by atoms with E-state index < -0.39 is 6.04 Å². The molecule has 0 radical (unpaired) electrons. The number of nitrogens with one attached hydrogen (secondary N) is 2. The van der Waals surface area contributed by atoms with Crippen molar-refractivity contribution in [3.63, 3.8) is 0 Å². The van der Waals surface area contributed by atoms with Crippen molar-refractivity contribution in [3.05, 3.63) is 30.0 Å². The van der Waals surface area contributed by atoms with Crippen LogP contribution in [0.15, 0.2) is 24.3 Å². The summed E-state index contributed by atoms with van der Waals surface area (Å²) in [7, 11) is 3.47. The van der Waals surface area contributed by atoms with E-state index in [2.05, 4.69) is 16.7 Å². The minimum Gasteiger partial charge on any atom is -0.497 e. The Kier molecular flexibility index (Phi) is 5.67. The number of nitrogens with zero attached hydrogens (tertiary/aromatic N) is 2. The van der Waals surface area contributed by atoms with Gasteiger partial charge in [0.25, 0.3) is 5.91 Å². The van der Waals surface area contributed by atoms with Gasteiger partial charge in [-0.25, -0.2) is 0 Å². The quantitative estimate of drug-likeness (QED) is 0.768. The number of amides is 2. The Morgan fingerprint density at radius 3 is 2.67 bits per heavy atom. The summed E-state index contributed by atoms with van der Waals surface area (Å²) >= 11 is 0. The number of methoxy groups -OCH3 is 1. The standard InChI is InChI=1S/C23H28N4O3/c1-27-20-12-16(30-2)10-9-15(20)11-21(27)23(29)25-18-6-4-3-5-17(18)22(28)26-19(13-24)14-7-8-14/h9-12,14,17-19H,3-8H2,1-2H3,(H,25,29)(H,26,28)/t17-,18+,19-/m1/s1. The summed E-state index contributed by atoms with van der Waals surface area (Å²) in [6, 6.07) is 9.15. The van der Waals surface area contributed by atoms with Crippen molar-refractivity contribution in [3.8, 4) is 11.8 Å². The average Bonchev–Trinajstić information content (AvgIpc) is 3.55. The topological polar surface area (TPSA) is 96.2 Å². The van der Waals surface area contributed by atoms with Gasteiger partial charge in [0.15, 0.2) is 0 Å². The van der Waals surface area contributed by atoms with Crippen molar-refractivity contribution in [2.75, 3.05) is 7.11 Å². The lowest BCUT2D eigenvalue weighted by molar-refractivity contribution is -0.127. The van der Waals surface area contributed by atoms with Gasteiger partial charge in [0.05, 0.1) is 24.6 Å². The highest BCUT2D eigenvalue weighted by Crippen LogP contribution is 2.33. The maximum absolute atomic E-state index is 13.1. The Balaban J connectivity index is 1.49. The molecule has 158 valence electrons. The lowest BCUT2D eigenvalue weighted by Crippen LogP contribution is -2.50. The number of aryl methyl sites for hydroxylation is 1. The second kappa shape index (κ2) is 8.39. The van der Waals surface area contributed by atoms with E-state index in [1.165, 1.54) is 0 Å². The molecular formula is C23H28N4O3. The molecule has 2 saturated carbocycles.